The zero-order valence-electron chi connectivity index (χ0n) is 8.80. The lowest BCUT2D eigenvalue weighted by atomic mass is 10.0. The number of rotatable bonds is 2. The molecule has 2 atom stereocenters. The van der Waals surface area contributed by atoms with Gasteiger partial charge in [-0.3, -0.25) is 4.90 Å². The van der Waals surface area contributed by atoms with Crippen LogP contribution in [0.2, 0.25) is 0 Å². The lowest BCUT2D eigenvalue weighted by Crippen LogP contribution is -2.53. The second-order valence-corrected chi connectivity index (χ2v) is 4.33. The monoisotopic (exact) mass is 170 g/mol. The van der Waals surface area contributed by atoms with Crippen LogP contribution in [0.15, 0.2) is 0 Å². The maximum absolute atomic E-state index is 3.46. The van der Waals surface area contributed by atoms with Gasteiger partial charge in [0.2, 0.25) is 0 Å². The molecule has 0 spiro atoms. The van der Waals surface area contributed by atoms with E-state index < -0.39 is 0 Å². The highest BCUT2D eigenvalue weighted by atomic mass is 15.2. The van der Waals surface area contributed by atoms with Crippen LogP contribution >= 0.6 is 0 Å². The first-order valence-corrected chi connectivity index (χ1v) is 5.08. The average Bonchev–Trinajstić information content (AvgIpc) is 2.03. The molecule has 0 aromatic carbocycles. The third-order valence-electron chi connectivity index (χ3n) is 2.94. The van der Waals surface area contributed by atoms with Gasteiger partial charge in [0.1, 0.15) is 0 Å². The SMILES string of the molecule is CC(C)C(C)N1CCN[C@H](C)C1. The van der Waals surface area contributed by atoms with Crippen LogP contribution in [0.3, 0.4) is 0 Å². The minimum absolute atomic E-state index is 0.667. The number of piperazine rings is 1. The van der Waals surface area contributed by atoms with E-state index in [1.807, 2.05) is 0 Å². The zero-order chi connectivity index (χ0) is 9.14. The summed E-state index contributed by atoms with van der Waals surface area (Å²) in [7, 11) is 0. The van der Waals surface area contributed by atoms with Crippen molar-refractivity contribution in [3.8, 4) is 0 Å². The predicted molar refractivity (Wildman–Crippen MR) is 53.3 cm³/mol. The van der Waals surface area contributed by atoms with Crippen LogP contribution in [0, 0.1) is 5.92 Å². The summed E-state index contributed by atoms with van der Waals surface area (Å²) in [6, 6.07) is 1.40. The molecule has 1 rings (SSSR count). The molecule has 0 amide bonds. The molecule has 0 aliphatic carbocycles. The minimum atomic E-state index is 0.667. The van der Waals surface area contributed by atoms with E-state index in [0.29, 0.717) is 6.04 Å². The summed E-state index contributed by atoms with van der Waals surface area (Å²) in [5.41, 5.74) is 0. The molecule has 12 heavy (non-hydrogen) atoms. The van der Waals surface area contributed by atoms with Gasteiger partial charge in [-0.1, -0.05) is 13.8 Å². The van der Waals surface area contributed by atoms with Gasteiger partial charge in [0, 0.05) is 31.7 Å². The Balaban J connectivity index is 2.40. The van der Waals surface area contributed by atoms with Crippen molar-refractivity contribution in [2.75, 3.05) is 19.6 Å². The largest absolute Gasteiger partial charge is 0.312 e. The first kappa shape index (κ1) is 10.0. The molecule has 72 valence electrons. The minimum Gasteiger partial charge on any atom is -0.312 e. The summed E-state index contributed by atoms with van der Waals surface area (Å²) in [5, 5.41) is 3.46. The van der Waals surface area contributed by atoms with Crippen LogP contribution < -0.4 is 5.32 Å². The van der Waals surface area contributed by atoms with E-state index in [0.717, 1.165) is 18.5 Å². The molecule has 1 aliphatic heterocycles. The van der Waals surface area contributed by atoms with Gasteiger partial charge in [-0.2, -0.15) is 0 Å². The Labute approximate surface area is 76.3 Å². The molecule has 1 N–H and O–H groups in total. The van der Waals surface area contributed by atoms with Crippen molar-refractivity contribution in [1.29, 1.82) is 0 Å². The number of nitrogens with one attached hydrogen (secondary N) is 1. The Morgan fingerprint density at radius 1 is 1.33 bits per heavy atom. The first-order valence-electron chi connectivity index (χ1n) is 5.08. The van der Waals surface area contributed by atoms with Crippen LogP contribution in [-0.2, 0) is 0 Å². The van der Waals surface area contributed by atoms with Crippen LogP contribution in [0.25, 0.3) is 0 Å². The molecule has 0 bridgehead atoms. The Hall–Kier alpha value is -0.0800. The maximum atomic E-state index is 3.46. The standard InChI is InChI=1S/C10H22N2/c1-8(2)10(4)12-6-5-11-9(3)7-12/h8-11H,5-7H2,1-4H3/t9-,10?/m1/s1. The lowest BCUT2D eigenvalue weighted by molar-refractivity contribution is 0.128. The Bertz CT molecular complexity index is 134. The highest BCUT2D eigenvalue weighted by molar-refractivity contribution is 4.79. The predicted octanol–water partition coefficient (Wildman–Crippen LogP) is 1.32. The summed E-state index contributed by atoms with van der Waals surface area (Å²) in [6.45, 7) is 12.8. The Morgan fingerprint density at radius 3 is 2.50 bits per heavy atom. The van der Waals surface area contributed by atoms with Crippen molar-refractivity contribution in [3.63, 3.8) is 0 Å². The van der Waals surface area contributed by atoms with Gasteiger partial charge in [0.15, 0.2) is 0 Å². The maximum Gasteiger partial charge on any atom is 0.0167 e. The van der Waals surface area contributed by atoms with Crippen molar-refractivity contribution in [3.05, 3.63) is 0 Å². The van der Waals surface area contributed by atoms with Crippen molar-refractivity contribution in [2.24, 2.45) is 5.92 Å². The van der Waals surface area contributed by atoms with Gasteiger partial charge in [0.25, 0.3) is 0 Å². The molecule has 1 unspecified atom stereocenters. The van der Waals surface area contributed by atoms with Crippen LogP contribution in [0.5, 0.6) is 0 Å². The molecule has 1 saturated heterocycles. The van der Waals surface area contributed by atoms with E-state index in [1.165, 1.54) is 13.1 Å². The quantitative estimate of drug-likeness (QED) is 0.672. The fourth-order valence-corrected chi connectivity index (χ4v) is 1.75. The molecule has 2 heteroatoms. The van der Waals surface area contributed by atoms with Gasteiger partial charge in [-0.25, -0.2) is 0 Å². The third-order valence-corrected chi connectivity index (χ3v) is 2.94. The van der Waals surface area contributed by atoms with Gasteiger partial charge in [-0.15, -0.1) is 0 Å². The normalized spacial score (nSPS) is 29.2. The number of hydrogen-bond acceptors (Lipinski definition) is 2. The van der Waals surface area contributed by atoms with Crippen molar-refractivity contribution < 1.29 is 0 Å². The van der Waals surface area contributed by atoms with Crippen LogP contribution in [0.4, 0.5) is 0 Å². The smallest absolute Gasteiger partial charge is 0.0167 e. The van der Waals surface area contributed by atoms with Crippen molar-refractivity contribution >= 4 is 0 Å². The summed E-state index contributed by atoms with van der Waals surface area (Å²) in [4.78, 5) is 2.59. The highest BCUT2D eigenvalue weighted by Crippen LogP contribution is 2.11. The highest BCUT2D eigenvalue weighted by Gasteiger charge is 2.21. The first-order chi connectivity index (χ1) is 5.61. The van der Waals surface area contributed by atoms with E-state index in [9.17, 15) is 0 Å². The van der Waals surface area contributed by atoms with E-state index in [1.54, 1.807) is 0 Å². The molecule has 0 aromatic rings. The molecular formula is C10H22N2. The van der Waals surface area contributed by atoms with E-state index in [4.69, 9.17) is 0 Å². The summed E-state index contributed by atoms with van der Waals surface area (Å²) in [5.74, 6) is 0.773. The Morgan fingerprint density at radius 2 is 2.00 bits per heavy atom. The van der Waals surface area contributed by atoms with Gasteiger partial charge >= 0.3 is 0 Å². The summed E-state index contributed by atoms with van der Waals surface area (Å²) >= 11 is 0. The molecule has 0 radical (unpaired) electrons. The van der Waals surface area contributed by atoms with E-state index >= 15 is 0 Å². The van der Waals surface area contributed by atoms with Crippen LogP contribution in [-0.4, -0.2) is 36.6 Å². The zero-order valence-corrected chi connectivity index (χ0v) is 8.80. The van der Waals surface area contributed by atoms with Crippen molar-refractivity contribution in [1.82, 2.24) is 10.2 Å². The molecule has 0 saturated carbocycles. The average molecular weight is 170 g/mol. The topological polar surface area (TPSA) is 15.3 Å². The molecular weight excluding hydrogens is 148 g/mol. The van der Waals surface area contributed by atoms with Gasteiger partial charge < -0.3 is 5.32 Å². The molecule has 0 aromatic heterocycles. The second kappa shape index (κ2) is 4.24. The number of nitrogens with zero attached hydrogens (tertiary/aromatic N) is 1. The molecule has 1 heterocycles. The third kappa shape index (κ3) is 2.46. The van der Waals surface area contributed by atoms with E-state index in [2.05, 4.69) is 37.9 Å². The molecule has 1 fully saturated rings. The van der Waals surface area contributed by atoms with Gasteiger partial charge in [-0.05, 0) is 19.8 Å². The second-order valence-electron chi connectivity index (χ2n) is 4.33. The summed E-state index contributed by atoms with van der Waals surface area (Å²) in [6.07, 6.45) is 0. The van der Waals surface area contributed by atoms with Gasteiger partial charge in [0.05, 0.1) is 0 Å². The van der Waals surface area contributed by atoms with E-state index in [-0.39, 0.29) is 0 Å². The Kier molecular flexibility index (Phi) is 3.53. The number of hydrogen-bond donors (Lipinski definition) is 1. The fourth-order valence-electron chi connectivity index (χ4n) is 1.75. The fraction of sp³-hybridized carbons (Fsp3) is 1.00. The summed E-state index contributed by atoms with van der Waals surface area (Å²) < 4.78 is 0. The molecule has 2 nitrogen and oxygen atoms in total. The molecule has 1 aliphatic rings. The van der Waals surface area contributed by atoms with Crippen molar-refractivity contribution in [2.45, 2.75) is 39.8 Å². The van der Waals surface area contributed by atoms with Crippen LogP contribution in [0.1, 0.15) is 27.7 Å². The lowest BCUT2D eigenvalue weighted by Gasteiger charge is -2.37.